The summed E-state index contributed by atoms with van der Waals surface area (Å²) in [6.45, 7) is 4.71. The fraction of sp³-hybridized carbons (Fsp3) is 0.643. The molecule has 1 aromatic heterocycles. The lowest BCUT2D eigenvalue weighted by Gasteiger charge is -2.30. The van der Waals surface area contributed by atoms with Crippen molar-refractivity contribution in [2.75, 3.05) is 32.7 Å². The van der Waals surface area contributed by atoms with Crippen LogP contribution in [0.1, 0.15) is 31.0 Å². The fourth-order valence-electron chi connectivity index (χ4n) is 2.95. The molecule has 0 bridgehead atoms. The molecule has 0 aromatic carbocycles. The van der Waals surface area contributed by atoms with Gasteiger partial charge in [0.1, 0.15) is 6.17 Å². The molecule has 1 atom stereocenters. The van der Waals surface area contributed by atoms with Gasteiger partial charge in [-0.2, -0.15) is 11.3 Å². The van der Waals surface area contributed by atoms with Crippen LogP contribution in [0.2, 0.25) is 0 Å². The van der Waals surface area contributed by atoms with Crippen molar-refractivity contribution in [3.8, 4) is 0 Å². The van der Waals surface area contributed by atoms with Crippen molar-refractivity contribution in [2.45, 2.75) is 25.4 Å². The third-order valence-corrected chi connectivity index (χ3v) is 4.74. The molecule has 3 heterocycles. The van der Waals surface area contributed by atoms with Gasteiger partial charge in [0, 0.05) is 13.1 Å². The molecule has 1 amide bonds. The van der Waals surface area contributed by atoms with E-state index in [9.17, 15) is 4.79 Å². The van der Waals surface area contributed by atoms with Crippen molar-refractivity contribution in [1.82, 2.24) is 15.1 Å². The zero-order valence-electron chi connectivity index (χ0n) is 11.2. The van der Waals surface area contributed by atoms with Crippen molar-refractivity contribution in [3.05, 3.63) is 22.4 Å². The first kappa shape index (κ1) is 13.1. The number of amides is 1. The first-order valence-corrected chi connectivity index (χ1v) is 8.06. The Morgan fingerprint density at radius 1 is 1.26 bits per heavy atom. The maximum absolute atomic E-state index is 12.0. The summed E-state index contributed by atoms with van der Waals surface area (Å²) in [5.41, 5.74) is 1.22. The highest BCUT2D eigenvalue weighted by Gasteiger charge is 2.31. The topological polar surface area (TPSA) is 35.6 Å². The molecule has 19 heavy (non-hydrogen) atoms. The van der Waals surface area contributed by atoms with E-state index in [0.717, 1.165) is 13.1 Å². The second-order valence-electron chi connectivity index (χ2n) is 5.33. The highest BCUT2D eigenvalue weighted by Crippen LogP contribution is 2.24. The average Bonchev–Trinajstić information content (AvgIpc) is 3.07. The molecule has 0 aliphatic carbocycles. The van der Waals surface area contributed by atoms with Crippen LogP contribution in [0.4, 0.5) is 0 Å². The van der Waals surface area contributed by atoms with Crippen LogP contribution in [-0.4, -0.2) is 48.4 Å². The monoisotopic (exact) mass is 279 g/mol. The van der Waals surface area contributed by atoms with Crippen molar-refractivity contribution >= 4 is 17.2 Å². The van der Waals surface area contributed by atoms with Gasteiger partial charge in [-0.05, 0) is 48.3 Å². The lowest BCUT2D eigenvalue weighted by molar-refractivity contribution is -0.128. The van der Waals surface area contributed by atoms with Crippen LogP contribution < -0.4 is 5.32 Å². The number of carbonyl (C=O) groups is 1. The third kappa shape index (κ3) is 2.99. The molecule has 1 aromatic rings. The molecule has 2 saturated heterocycles. The van der Waals surface area contributed by atoms with Crippen LogP contribution in [0.15, 0.2) is 16.8 Å². The maximum atomic E-state index is 12.0. The minimum atomic E-state index is 0.0866. The second-order valence-corrected chi connectivity index (χ2v) is 6.11. The number of piperidine rings is 1. The number of hydrogen-bond acceptors (Lipinski definition) is 4. The molecular weight excluding hydrogens is 258 g/mol. The van der Waals surface area contributed by atoms with Crippen molar-refractivity contribution in [2.24, 2.45) is 0 Å². The lowest BCUT2D eigenvalue weighted by Crippen LogP contribution is -2.40. The summed E-state index contributed by atoms with van der Waals surface area (Å²) in [6, 6.07) is 2.11. The molecule has 2 aliphatic heterocycles. The van der Waals surface area contributed by atoms with E-state index in [-0.39, 0.29) is 12.1 Å². The molecule has 5 heteroatoms. The van der Waals surface area contributed by atoms with Gasteiger partial charge in [0.25, 0.3) is 0 Å². The molecule has 0 saturated carbocycles. The van der Waals surface area contributed by atoms with Crippen LogP contribution in [0.5, 0.6) is 0 Å². The molecule has 104 valence electrons. The van der Waals surface area contributed by atoms with Crippen LogP contribution in [0.25, 0.3) is 0 Å². The van der Waals surface area contributed by atoms with Gasteiger partial charge in [0.15, 0.2) is 0 Å². The molecule has 1 unspecified atom stereocenters. The zero-order chi connectivity index (χ0) is 13.1. The third-order valence-electron chi connectivity index (χ3n) is 4.04. The van der Waals surface area contributed by atoms with Crippen LogP contribution >= 0.6 is 11.3 Å². The standard InChI is InChI=1S/C14H21N3OS/c18-13-10-15-14(12-4-9-19-11-12)17(13)8-7-16-5-2-1-3-6-16/h4,9,11,14-15H,1-3,5-8,10H2. The van der Waals surface area contributed by atoms with E-state index < -0.39 is 0 Å². The van der Waals surface area contributed by atoms with Crippen LogP contribution in [-0.2, 0) is 4.79 Å². The van der Waals surface area contributed by atoms with Gasteiger partial charge >= 0.3 is 0 Å². The number of likely N-dealkylation sites (tertiary alicyclic amines) is 1. The van der Waals surface area contributed by atoms with E-state index in [1.165, 1.54) is 37.9 Å². The van der Waals surface area contributed by atoms with Gasteiger partial charge in [0.05, 0.1) is 6.54 Å². The first-order chi connectivity index (χ1) is 9.34. The number of nitrogens with zero attached hydrogens (tertiary/aromatic N) is 2. The second kappa shape index (κ2) is 6.03. The number of hydrogen-bond donors (Lipinski definition) is 1. The first-order valence-electron chi connectivity index (χ1n) is 7.12. The van der Waals surface area contributed by atoms with Crippen molar-refractivity contribution in [3.63, 3.8) is 0 Å². The highest BCUT2D eigenvalue weighted by atomic mass is 32.1. The predicted molar refractivity (Wildman–Crippen MR) is 77.1 cm³/mol. The molecule has 2 fully saturated rings. The summed E-state index contributed by atoms with van der Waals surface area (Å²) in [4.78, 5) is 16.5. The van der Waals surface area contributed by atoms with Crippen molar-refractivity contribution in [1.29, 1.82) is 0 Å². The van der Waals surface area contributed by atoms with Crippen molar-refractivity contribution < 1.29 is 4.79 Å². The molecule has 0 radical (unpaired) electrons. The Morgan fingerprint density at radius 2 is 2.11 bits per heavy atom. The van der Waals surface area contributed by atoms with E-state index in [1.807, 2.05) is 4.90 Å². The molecule has 3 rings (SSSR count). The SMILES string of the molecule is O=C1CNC(c2ccsc2)N1CCN1CCCCC1. The smallest absolute Gasteiger partial charge is 0.238 e. The largest absolute Gasteiger partial charge is 0.321 e. The van der Waals surface area contributed by atoms with Gasteiger partial charge < -0.3 is 9.80 Å². The molecule has 4 nitrogen and oxygen atoms in total. The summed E-state index contributed by atoms with van der Waals surface area (Å²) < 4.78 is 0. The van der Waals surface area contributed by atoms with Crippen LogP contribution in [0.3, 0.4) is 0 Å². The van der Waals surface area contributed by atoms with E-state index in [1.54, 1.807) is 11.3 Å². The Hall–Kier alpha value is -0.910. The predicted octanol–water partition coefficient (Wildman–Crippen LogP) is 1.66. The normalized spacial score (nSPS) is 25.2. The van der Waals surface area contributed by atoms with E-state index in [4.69, 9.17) is 0 Å². The fourth-order valence-corrected chi connectivity index (χ4v) is 3.63. The minimum absolute atomic E-state index is 0.0866. The van der Waals surface area contributed by atoms with Gasteiger partial charge in [-0.15, -0.1) is 0 Å². The number of rotatable bonds is 4. The Kier molecular flexibility index (Phi) is 4.15. The Bertz CT molecular complexity index is 414. The van der Waals surface area contributed by atoms with Crippen LogP contribution in [0, 0.1) is 0 Å². The Balaban J connectivity index is 1.59. The van der Waals surface area contributed by atoms with Gasteiger partial charge in [-0.1, -0.05) is 6.42 Å². The molecule has 0 spiro atoms. The summed E-state index contributed by atoms with van der Waals surface area (Å²) in [7, 11) is 0. The minimum Gasteiger partial charge on any atom is -0.321 e. The Morgan fingerprint density at radius 3 is 2.84 bits per heavy atom. The summed E-state index contributed by atoms with van der Waals surface area (Å²) >= 11 is 1.69. The van der Waals surface area contributed by atoms with Gasteiger partial charge in [-0.3, -0.25) is 10.1 Å². The van der Waals surface area contributed by atoms with E-state index in [0.29, 0.717) is 6.54 Å². The molecule has 1 N–H and O–H groups in total. The summed E-state index contributed by atoms with van der Waals surface area (Å²) in [5, 5.41) is 7.51. The molecular formula is C14H21N3OS. The number of nitrogens with one attached hydrogen (secondary N) is 1. The zero-order valence-corrected chi connectivity index (χ0v) is 12.0. The summed E-state index contributed by atoms with van der Waals surface area (Å²) in [6.07, 6.45) is 4.06. The van der Waals surface area contributed by atoms with E-state index in [2.05, 4.69) is 27.0 Å². The number of carbonyl (C=O) groups excluding carboxylic acids is 1. The Labute approximate surface area is 118 Å². The summed E-state index contributed by atoms with van der Waals surface area (Å²) in [5.74, 6) is 0.230. The quantitative estimate of drug-likeness (QED) is 0.910. The lowest BCUT2D eigenvalue weighted by atomic mass is 10.1. The number of thiophene rings is 1. The molecule has 2 aliphatic rings. The van der Waals surface area contributed by atoms with Gasteiger partial charge in [-0.25, -0.2) is 0 Å². The average molecular weight is 279 g/mol. The maximum Gasteiger partial charge on any atom is 0.238 e. The highest BCUT2D eigenvalue weighted by molar-refractivity contribution is 7.07. The van der Waals surface area contributed by atoms with E-state index >= 15 is 0 Å². The van der Waals surface area contributed by atoms with Gasteiger partial charge in [0.2, 0.25) is 5.91 Å².